The maximum absolute atomic E-state index is 12.3. The lowest BCUT2D eigenvalue weighted by Crippen LogP contribution is -2.32. The highest BCUT2D eigenvalue weighted by Gasteiger charge is 2.12. The molecular formula is C14H17N3OS. The van der Waals surface area contributed by atoms with Gasteiger partial charge in [-0.3, -0.25) is 4.79 Å². The number of nitrogens with one attached hydrogen (secondary N) is 1. The van der Waals surface area contributed by atoms with Crippen LogP contribution in [0, 0.1) is 0 Å². The lowest BCUT2D eigenvalue weighted by atomic mass is 10.1. The third kappa shape index (κ3) is 3.39. The number of aromatic nitrogens is 1. The molecule has 1 aromatic heterocycles. The third-order valence-electron chi connectivity index (χ3n) is 2.88. The molecule has 0 aliphatic carbocycles. The number of nitrogens with zero attached hydrogens (tertiary/aromatic N) is 2. The van der Waals surface area contributed by atoms with Crippen molar-refractivity contribution in [2.45, 2.75) is 0 Å². The van der Waals surface area contributed by atoms with Gasteiger partial charge in [0.2, 0.25) is 0 Å². The van der Waals surface area contributed by atoms with E-state index in [9.17, 15) is 4.79 Å². The smallest absolute Gasteiger partial charge is 0.253 e. The molecule has 1 heterocycles. The van der Waals surface area contributed by atoms with Gasteiger partial charge in [-0.15, -0.1) is 11.3 Å². The summed E-state index contributed by atoms with van der Waals surface area (Å²) in [6.07, 6.45) is 0. The van der Waals surface area contributed by atoms with Crippen molar-refractivity contribution >= 4 is 17.2 Å². The van der Waals surface area contributed by atoms with Gasteiger partial charge in [0.25, 0.3) is 5.91 Å². The van der Waals surface area contributed by atoms with E-state index in [2.05, 4.69) is 10.3 Å². The zero-order valence-corrected chi connectivity index (χ0v) is 11.9. The molecule has 0 saturated heterocycles. The SMILES string of the molecule is CNCCN(C)C(=O)c1cccc(-c2cscn2)c1. The highest BCUT2D eigenvalue weighted by Crippen LogP contribution is 2.20. The van der Waals surface area contributed by atoms with Gasteiger partial charge >= 0.3 is 0 Å². The number of carbonyl (C=O) groups excluding carboxylic acids is 1. The van der Waals surface area contributed by atoms with Gasteiger partial charge in [0.15, 0.2) is 0 Å². The zero-order valence-electron chi connectivity index (χ0n) is 11.1. The second kappa shape index (κ2) is 6.45. The minimum absolute atomic E-state index is 0.0346. The highest BCUT2D eigenvalue weighted by atomic mass is 32.1. The predicted octanol–water partition coefficient (Wildman–Crippen LogP) is 2.10. The Bertz CT molecular complexity index is 539. The van der Waals surface area contributed by atoms with E-state index >= 15 is 0 Å². The van der Waals surface area contributed by atoms with Crippen molar-refractivity contribution in [3.8, 4) is 11.3 Å². The van der Waals surface area contributed by atoms with E-state index in [-0.39, 0.29) is 5.91 Å². The van der Waals surface area contributed by atoms with Gasteiger partial charge < -0.3 is 10.2 Å². The third-order valence-corrected chi connectivity index (χ3v) is 3.47. The molecule has 0 atom stereocenters. The van der Waals surface area contributed by atoms with Gasteiger partial charge in [-0.1, -0.05) is 12.1 Å². The number of hydrogen-bond acceptors (Lipinski definition) is 4. The molecule has 0 unspecified atom stereocenters. The lowest BCUT2D eigenvalue weighted by Gasteiger charge is -2.17. The van der Waals surface area contributed by atoms with E-state index < -0.39 is 0 Å². The first kappa shape index (κ1) is 13.7. The van der Waals surface area contributed by atoms with Crippen LogP contribution in [0.4, 0.5) is 0 Å². The molecule has 19 heavy (non-hydrogen) atoms. The molecule has 2 rings (SSSR count). The van der Waals surface area contributed by atoms with Crippen molar-refractivity contribution in [3.05, 3.63) is 40.7 Å². The minimum atomic E-state index is 0.0346. The summed E-state index contributed by atoms with van der Waals surface area (Å²) in [7, 11) is 3.69. The first-order valence-corrected chi connectivity index (χ1v) is 7.05. The molecule has 1 aromatic carbocycles. The number of amides is 1. The van der Waals surface area contributed by atoms with Gasteiger partial charge in [-0.25, -0.2) is 4.98 Å². The molecule has 0 aliphatic rings. The zero-order chi connectivity index (χ0) is 13.7. The largest absolute Gasteiger partial charge is 0.340 e. The Morgan fingerprint density at radius 2 is 2.32 bits per heavy atom. The fourth-order valence-electron chi connectivity index (χ4n) is 1.77. The van der Waals surface area contributed by atoms with Crippen LogP contribution in [0.5, 0.6) is 0 Å². The summed E-state index contributed by atoms with van der Waals surface area (Å²) in [6, 6.07) is 7.61. The Morgan fingerprint density at radius 3 is 3.00 bits per heavy atom. The van der Waals surface area contributed by atoms with Crippen molar-refractivity contribution in [3.63, 3.8) is 0 Å². The Labute approximate surface area is 117 Å². The molecule has 0 saturated carbocycles. The van der Waals surface area contributed by atoms with Gasteiger partial charge in [-0.2, -0.15) is 0 Å². The molecule has 0 bridgehead atoms. The van der Waals surface area contributed by atoms with Crippen LogP contribution in [0.3, 0.4) is 0 Å². The van der Waals surface area contributed by atoms with Crippen LogP contribution >= 0.6 is 11.3 Å². The minimum Gasteiger partial charge on any atom is -0.340 e. The van der Waals surface area contributed by atoms with Crippen LogP contribution in [0.25, 0.3) is 11.3 Å². The maximum Gasteiger partial charge on any atom is 0.253 e. The van der Waals surface area contributed by atoms with Crippen molar-refractivity contribution in [2.24, 2.45) is 0 Å². The topological polar surface area (TPSA) is 45.2 Å². The quantitative estimate of drug-likeness (QED) is 0.909. The number of benzene rings is 1. The molecule has 0 aliphatic heterocycles. The monoisotopic (exact) mass is 275 g/mol. The number of hydrogen-bond donors (Lipinski definition) is 1. The lowest BCUT2D eigenvalue weighted by molar-refractivity contribution is 0.0797. The number of rotatable bonds is 5. The van der Waals surface area contributed by atoms with Crippen LogP contribution in [0.2, 0.25) is 0 Å². The van der Waals surface area contributed by atoms with Gasteiger partial charge in [0.1, 0.15) is 0 Å². The maximum atomic E-state index is 12.3. The number of likely N-dealkylation sites (N-methyl/N-ethyl adjacent to an activating group) is 2. The standard InChI is InChI=1S/C14H17N3OS/c1-15-6-7-17(2)14(18)12-5-3-4-11(8-12)13-9-19-10-16-13/h3-5,8-10,15H,6-7H2,1-2H3. The van der Waals surface area contributed by atoms with E-state index in [1.165, 1.54) is 0 Å². The van der Waals surface area contributed by atoms with E-state index in [1.54, 1.807) is 21.7 Å². The van der Waals surface area contributed by atoms with Gasteiger partial charge in [0.05, 0.1) is 11.2 Å². The summed E-state index contributed by atoms with van der Waals surface area (Å²) in [6.45, 7) is 1.48. The average molecular weight is 275 g/mol. The number of carbonyl (C=O) groups is 1. The second-order valence-corrected chi connectivity index (χ2v) is 5.00. The second-order valence-electron chi connectivity index (χ2n) is 4.28. The fraction of sp³-hybridized carbons (Fsp3) is 0.286. The fourth-order valence-corrected chi connectivity index (χ4v) is 2.33. The van der Waals surface area contributed by atoms with Crippen LogP contribution in [0.15, 0.2) is 35.2 Å². The molecule has 0 fully saturated rings. The van der Waals surface area contributed by atoms with Crippen LogP contribution in [0.1, 0.15) is 10.4 Å². The Balaban J connectivity index is 2.17. The summed E-state index contributed by atoms with van der Waals surface area (Å²) in [5.41, 5.74) is 4.39. The molecule has 4 nitrogen and oxygen atoms in total. The van der Waals surface area contributed by atoms with E-state index in [0.717, 1.165) is 17.8 Å². The first-order chi connectivity index (χ1) is 9.22. The summed E-state index contributed by atoms with van der Waals surface area (Å²) < 4.78 is 0. The van der Waals surface area contributed by atoms with Crippen molar-refractivity contribution < 1.29 is 4.79 Å². The average Bonchev–Trinajstić information content (AvgIpc) is 2.98. The first-order valence-electron chi connectivity index (χ1n) is 6.11. The highest BCUT2D eigenvalue weighted by molar-refractivity contribution is 7.07. The van der Waals surface area contributed by atoms with Crippen molar-refractivity contribution in [1.29, 1.82) is 0 Å². The van der Waals surface area contributed by atoms with E-state index in [0.29, 0.717) is 12.1 Å². The predicted molar refractivity (Wildman–Crippen MR) is 78.4 cm³/mol. The van der Waals surface area contributed by atoms with E-state index in [4.69, 9.17) is 0 Å². The molecule has 5 heteroatoms. The van der Waals surface area contributed by atoms with Gasteiger partial charge in [-0.05, 0) is 19.2 Å². The van der Waals surface area contributed by atoms with Crippen LogP contribution in [-0.4, -0.2) is 43.0 Å². The Hall–Kier alpha value is -1.72. The molecule has 0 spiro atoms. The Kier molecular flexibility index (Phi) is 4.65. The Morgan fingerprint density at radius 1 is 1.47 bits per heavy atom. The van der Waals surface area contributed by atoms with Crippen molar-refractivity contribution in [1.82, 2.24) is 15.2 Å². The van der Waals surface area contributed by atoms with E-state index in [1.807, 2.05) is 43.7 Å². The number of thiazole rings is 1. The summed E-state index contributed by atoms with van der Waals surface area (Å²) in [5, 5.41) is 5.02. The molecule has 0 radical (unpaired) electrons. The molecule has 2 aromatic rings. The van der Waals surface area contributed by atoms with Crippen molar-refractivity contribution in [2.75, 3.05) is 27.2 Å². The van der Waals surface area contributed by atoms with Gasteiger partial charge in [0, 0.05) is 36.6 Å². The summed E-state index contributed by atoms with van der Waals surface area (Å²) >= 11 is 1.55. The molecule has 100 valence electrons. The van der Waals surface area contributed by atoms with Crippen LogP contribution in [-0.2, 0) is 0 Å². The normalized spacial score (nSPS) is 10.4. The summed E-state index contributed by atoms with van der Waals surface area (Å²) in [5.74, 6) is 0.0346. The molecular weight excluding hydrogens is 258 g/mol. The summed E-state index contributed by atoms with van der Waals surface area (Å²) in [4.78, 5) is 18.2. The molecule has 1 amide bonds. The van der Waals surface area contributed by atoms with Crippen LogP contribution < -0.4 is 5.32 Å². The molecule has 1 N–H and O–H groups in total.